The standard InChI is InChI=1S/C18H29N3O.HI/c1-4-15-6-8-16(9-7-15)10-12-20-17(19-3)21-14-18(2)11-5-13-22-18;/h6-9H,4-5,10-14H2,1-3H3,(H2,19,20,21);1H. The molecule has 2 N–H and O–H groups in total. The quantitative estimate of drug-likeness (QED) is 0.413. The number of hydrogen-bond acceptors (Lipinski definition) is 2. The number of hydrogen-bond donors (Lipinski definition) is 2. The first-order valence-electron chi connectivity index (χ1n) is 8.31. The number of guanidine groups is 1. The molecule has 2 rings (SSSR count). The Hall–Kier alpha value is -0.820. The molecular formula is C18H30IN3O. The molecule has 0 amide bonds. The summed E-state index contributed by atoms with van der Waals surface area (Å²) in [7, 11) is 1.81. The van der Waals surface area contributed by atoms with Gasteiger partial charge in [0, 0.05) is 26.7 Å². The highest BCUT2D eigenvalue weighted by Gasteiger charge is 2.29. The summed E-state index contributed by atoms with van der Waals surface area (Å²) in [6.07, 6.45) is 4.35. The maximum atomic E-state index is 5.79. The molecule has 4 nitrogen and oxygen atoms in total. The lowest BCUT2D eigenvalue weighted by Gasteiger charge is -2.24. The SMILES string of the molecule is CCc1ccc(CCNC(=NC)NCC2(C)CCCO2)cc1.I. The van der Waals surface area contributed by atoms with E-state index >= 15 is 0 Å². The summed E-state index contributed by atoms with van der Waals surface area (Å²) in [5.74, 6) is 0.849. The Morgan fingerprint density at radius 3 is 2.48 bits per heavy atom. The minimum absolute atomic E-state index is 0. The van der Waals surface area contributed by atoms with Gasteiger partial charge in [-0.3, -0.25) is 4.99 Å². The monoisotopic (exact) mass is 431 g/mol. The molecule has 23 heavy (non-hydrogen) atoms. The average Bonchev–Trinajstić information content (AvgIpc) is 2.98. The van der Waals surface area contributed by atoms with Crippen molar-refractivity contribution in [1.82, 2.24) is 10.6 Å². The van der Waals surface area contributed by atoms with Gasteiger partial charge in [0.15, 0.2) is 5.96 Å². The van der Waals surface area contributed by atoms with Gasteiger partial charge in [0.1, 0.15) is 0 Å². The summed E-state index contributed by atoms with van der Waals surface area (Å²) in [5.41, 5.74) is 2.69. The normalized spacial score (nSPS) is 20.9. The van der Waals surface area contributed by atoms with Crippen molar-refractivity contribution in [3.05, 3.63) is 35.4 Å². The molecule has 0 spiro atoms. The van der Waals surface area contributed by atoms with Crippen molar-refractivity contribution in [2.24, 2.45) is 4.99 Å². The molecule has 0 aliphatic carbocycles. The van der Waals surface area contributed by atoms with Gasteiger partial charge in [-0.25, -0.2) is 0 Å². The van der Waals surface area contributed by atoms with Crippen molar-refractivity contribution in [2.75, 3.05) is 26.7 Å². The Bertz CT molecular complexity index is 482. The lowest BCUT2D eigenvalue weighted by atomic mass is 10.0. The van der Waals surface area contributed by atoms with Crippen LogP contribution in [0, 0.1) is 0 Å². The molecule has 0 aromatic heterocycles. The van der Waals surface area contributed by atoms with Gasteiger partial charge in [-0.05, 0) is 43.7 Å². The van der Waals surface area contributed by atoms with E-state index in [-0.39, 0.29) is 29.6 Å². The van der Waals surface area contributed by atoms with E-state index < -0.39 is 0 Å². The molecule has 1 aromatic carbocycles. The highest BCUT2D eigenvalue weighted by atomic mass is 127. The molecule has 1 aromatic rings. The van der Waals surface area contributed by atoms with Crippen LogP contribution >= 0.6 is 24.0 Å². The van der Waals surface area contributed by atoms with E-state index in [2.05, 4.69) is 53.7 Å². The lowest BCUT2D eigenvalue weighted by Crippen LogP contribution is -2.45. The molecule has 130 valence electrons. The predicted octanol–water partition coefficient (Wildman–Crippen LogP) is 3.14. The third kappa shape index (κ3) is 6.67. The van der Waals surface area contributed by atoms with Crippen LogP contribution < -0.4 is 10.6 Å². The van der Waals surface area contributed by atoms with E-state index in [1.165, 1.54) is 11.1 Å². The van der Waals surface area contributed by atoms with Gasteiger partial charge in [0.2, 0.25) is 0 Å². The van der Waals surface area contributed by atoms with Crippen LogP contribution in [0.2, 0.25) is 0 Å². The predicted molar refractivity (Wildman–Crippen MR) is 108 cm³/mol. The van der Waals surface area contributed by atoms with Gasteiger partial charge in [-0.1, -0.05) is 31.2 Å². The van der Waals surface area contributed by atoms with Gasteiger partial charge in [-0.2, -0.15) is 0 Å². The third-order valence-corrected chi connectivity index (χ3v) is 4.29. The number of halogens is 1. The zero-order valence-corrected chi connectivity index (χ0v) is 16.9. The van der Waals surface area contributed by atoms with Crippen LogP contribution in [-0.4, -0.2) is 38.3 Å². The molecular weight excluding hydrogens is 401 g/mol. The average molecular weight is 431 g/mol. The third-order valence-electron chi connectivity index (χ3n) is 4.29. The number of aryl methyl sites for hydroxylation is 1. The first kappa shape index (κ1) is 20.2. The molecule has 1 saturated heterocycles. The first-order chi connectivity index (χ1) is 10.6. The zero-order chi connectivity index (χ0) is 15.8. The Morgan fingerprint density at radius 2 is 1.91 bits per heavy atom. The highest BCUT2D eigenvalue weighted by molar-refractivity contribution is 14.0. The van der Waals surface area contributed by atoms with Crippen LogP contribution in [0.15, 0.2) is 29.3 Å². The minimum Gasteiger partial charge on any atom is -0.373 e. The van der Waals surface area contributed by atoms with Crippen molar-refractivity contribution in [3.8, 4) is 0 Å². The van der Waals surface area contributed by atoms with E-state index in [0.29, 0.717) is 0 Å². The molecule has 0 saturated carbocycles. The topological polar surface area (TPSA) is 45.7 Å². The second kappa shape index (κ2) is 10.1. The van der Waals surface area contributed by atoms with E-state index in [1.54, 1.807) is 0 Å². The van der Waals surface area contributed by atoms with Gasteiger partial charge >= 0.3 is 0 Å². The smallest absolute Gasteiger partial charge is 0.191 e. The van der Waals surface area contributed by atoms with Crippen LogP contribution in [-0.2, 0) is 17.6 Å². The molecule has 1 heterocycles. The van der Waals surface area contributed by atoms with Gasteiger partial charge in [-0.15, -0.1) is 24.0 Å². The summed E-state index contributed by atoms with van der Waals surface area (Å²) in [6, 6.07) is 8.84. The number of nitrogens with one attached hydrogen (secondary N) is 2. The molecule has 5 heteroatoms. The van der Waals surface area contributed by atoms with Crippen molar-refractivity contribution in [3.63, 3.8) is 0 Å². The minimum atomic E-state index is -0.0480. The Labute approximate surface area is 157 Å². The number of benzene rings is 1. The van der Waals surface area contributed by atoms with Crippen molar-refractivity contribution >= 4 is 29.9 Å². The van der Waals surface area contributed by atoms with Gasteiger partial charge in [0.05, 0.1) is 5.60 Å². The van der Waals surface area contributed by atoms with Gasteiger partial charge < -0.3 is 15.4 Å². The Kier molecular flexibility index (Phi) is 8.91. The fourth-order valence-corrected chi connectivity index (χ4v) is 2.73. The maximum absolute atomic E-state index is 5.79. The molecule has 1 fully saturated rings. The van der Waals surface area contributed by atoms with E-state index in [9.17, 15) is 0 Å². The maximum Gasteiger partial charge on any atom is 0.191 e. The van der Waals surface area contributed by atoms with Crippen molar-refractivity contribution in [1.29, 1.82) is 0 Å². The molecule has 0 radical (unpaired) electrons. The number of rotatable bonds is 6. The molecule has 1 unspecified atom stereocenters. The Balaban J connectivity index is 0.00000264. The summed E-state index contributed by atoms with van der Waals surface area (Å²) < 4.78 is 5.79. The highest BCUT2D eigenvalue weighted by Crippen LogP contribution is 2.23. The largest absolute Gasteiger partial charge is 0.373 e. The van der Waals surface area contributed by atoms with Gasteiger partial charge in [0.25, 0.3) is 0 Å². The van der Waals surface area contributed by atoms with E-state index in [4.69, 9.17) is 4.74 Å². The summed E-state index contributed by atoms with van der Waals surface area (Å²) >= 11 is 0. The zero-order valence-electron chi connectivity index (χ0n) is 14.5. The summed E-state index contributed by atoms with van der Waals surface area (Å²) in [6.45, 7) is 6.90. The van der Waals surface area contributed by atoms with Crippen LogP contribution in [0.4, 0.5) is 0 Å². The summed E-state index contributed by atoms with van der Waals surface area (Å²) in [5, 5.41) is 6.74. The van der Waals surface area contributed by atoms with Crippen LogP contribution in [0.5, 0.6) is 0 Å². The first-order valence-corrected chi connectivity index (χ1v) is 8.31. The van der Waals surface area contributed by atoms with Crippen LogP contribution in [0.3, 0.4) is 0 Å². The molecule has 1 aliphatic heterocycles. The number of ether oxygens (including phenoxy) is 1. The number of nitrogens with zero attached hydrogens (tertiary/aromatic N) is 1. The van der Waals surface area contributed by atoms with E-state index in [1.807, 2.05) is 7.05 Å². The summed E-state index contributed by atoms with van der Waals surface area (Å²) in [4.78, 5) is 4.28. The van der Waals surface area contributed by atoms with Crippen molar-refractivity contribution < 1.29 is 4.74 Å². The van der Waals surface area contributed by atoms with E-state index in [0.717, 1.165) is 51.3 Å². The lowest BCUT2D eigenvalue weighted by molar-refractivity contribution is 0.0243. The second-order valence-corrected chi connectivity index (χ2v) is 6.17. The molecule has 1 aliphatic rings. The second-order valence-electron chi connectivity index (χ2n) is 6.17. The van der Waals surface area contributed by atoms with Crippen LogP contribution in [0.25, 0.3) is 0 Å². The molecule has 0 bridgehead atoms. The van der Waals surface area contributed by atoms with Crippen LogP contribution in [0.1, 0.15) is 37.8 Å². The fraction of sp³-hybridized carbons (Fsp3) is 0.611. The molecule has 1 atom stereocenters. The number of aliphatic imine (C=N–C) groups is 1. The van der Waals surface area contributed by atoms with Crippen molar-refractivity contribution in [2.45, 2.75) is 45.1 Å². The fourth-order valence-electron chi connectivity index (χ4n) is 2.73. The Morgan fingerprint density at radius 1 is 1.22 bits per heavy atom.